The van der Waals surface area contributed by atoms with Crippen molar-refractivity contribution in [2.24, 2.45) is 0 Å². The van der Waals surface area contributed by atoms with E-state index in [1.807, 2.05) is 31.2 Å². The lowest BCUT2D eigenvalue weighted by atomic mass is 10.1. The van der Waals surface area contributed by atoms with Crippen molar-refractivity contribution in [3.8, 4) is 0 Å². The van der Waals surface area contributed by atoms with Crippen LogP contribution in [0, 0.1) is 6.92 Å². The van der Waals surface area contributed by atoms with Gasteiger partial charge >= 0.3 is 0 Å². The first-order chi connectivity index (χ1) is 9.26. The quantitative estimate of drug-likeness (QED) is 0.862. The van der Waals surface area contributed by atoms with Crippen molar-refractivity contribution in [1.82, 2.24) is 10.2 Å². The van der Waals surface area contributed by atoms with Crippen molar-refractivity contribution in [1.29, 1.82) is 0 Å². The first-order valence-corrected chi connectivity index (χ1v) is 6.24. The zero-order valence-electron chi connectivity index (χ0n) is 11.5. The number of methoxy groups -OCH3 is 2. The van der Waals surface area contributed by atoms with Gasteiger partial charge in [-0.25, -0.2) is 0 Å². The molecule has 0 radical (unpaired) electrons. The highest BCUT2D eigenvalue weighted by Crippen LogP contribution is 2.22. The molecule has 0 aliphatic rings. The number of aryl methyl sites for hydroxylation is 1. The number of rotatable bonds is 6. The van der Waals surface area contributed by atoms with Crippen LogP contribution in [0.25, 0.3) is 10.8 Å². The molecule has 0 amide bonds. The monoisotopic (exact) mass is 261 g/mol. The van der Waals surface area contributed by atoms with E-state index in [1.54, 1.807) is 14.2 Å². The van der Waals surface area contributed by atoms with Crippen LogP contribution in [-0.4, -0.2) is 43.7 Å². The Balaban J connectivity index is 2.19. The molecule has 1 aromatic carbocycles. The summed E-state index contributed by atoms with van der Waals surface area (Å²) in [5.74, 6) is 0.777. The minimum absolute atomic E-state index is 0.00753. The molecule has 1 heterocycles. The predicted octanol–water partition coefficient (Wildman–Crippen LogP) is 2.01. The average molecular weight is 261 g/mol. The van der Waals surface area contributed by atoms with Crippen LogP contribution in [0.15, 0.2) is 24.3 Å². The van der Waals surface area contributed by atoms with E-state index >= 15 is 0 Å². The summed E-state index contributed by atoms with van der Waals surface area (Å²) in [7, 11) is 3.33. The van der Waals surface area contributed by atoms with Crippen LogP contribution in [0.5, 0.6) is 0 Å². The lowest BCUT2D eigenvalue weighted by Gasteiger charge is -2.16. The summed E-state index contributed by atoms with van der Waals surface area (Å²) in [6.07, 6.45) is -0.00753. The third-order valence-electron chi connectivity index (χ3n) is 3.06. The second-order valence-electron chi connectivity index (χ2n) is 4.37. The number of hydrogen-bond donors (Lipinski definition) is 1. The number of ether oxygens (including phenoxy) is 2. The van der Waals surface area contributed by atoms with Crippen molar-refractivity contribution in [3.05, 3.63) is 30.0 Å². The van der Waals surface area contributed by atoms with Crippen LogP contribution in [-0.2, 0) is 9.47 Å². The van der Waals surface area contributed by atoms with Gasteiger partial charge in [0.1, 0.15) is 0 Å². The van der Waals surface area contributed by atoms with E-state index in [2.05, 4.69) is 15.5 Å². The van der Waals surface area contributed by atoms with E-state index in [1.165, 1.54) is 0 Å². The Morgan fingerprint density at radius 1 is 1.16 bits per heavy atom. The van der Waals surface area contributed by atoms with Crippen molar-refractivity contribution in [3.63, 3.8) is 0 Å². The highest BCUT2D eigenvalue weighted by atomic mass is 16.5. The Kier molecular flexibility index (Phi) is 4.65. The maximum atomic E-state index is 5.31. The number of nitrogens with one attached hydrogen (secondary N) is 1. The lowest BCUT2D eigenvalue weighted by molar-refractivity contribution is 0.0365. The van der Waals surface area contributed by atoms with Crippen molar-refractivity contribution < 1.29 is 9.47 Å². The minimum Gasteiger partial charge on any atom is -0.382 e. The molecule has 1 N–H and O–H groups in total. The molecule has 0 saturated carbocycles. The standard InChI is InChI=1S/C14H19N3O2/c1-10-12-6-4-5-7-13(12)14(17-16-10)15-8-11(19-3)9-18-2/h4-7,11H,8-9H2,1-3H3,(H,15,17). The number of benzene rings is 1. The maximum Gasteiger partial charge on any atom is 0.156 e. The Morgan fingerprint density at radius 2 is 1.89 bits per heavy atom. The zero-order chi connectivity index (χ0) is 13.7. The number of hydrogen-bond acceptors (Lipinski definition) is 5. The molecule has 1 atom stereocenters. The van der Waals surface area contributed by atoms with Crippen LogP contribution in [0.4, 0.5) is 5.82 Å². The van der Waals surface area contributed by atoms with E-state index in [-0.39, 0.29) is 6.10 Å². The van der Waals surface area contributed by atoms with Gasteiger partial charge in [-0.2, -0.15) is 5.10 Å². The third-order valence-corrected chi connectivity index (χ3v) is 3.06. The fourth-order valence-corrected chi connectivity index (χ4v) is 1.98. The Labute approximate surface area is 112 Å². The average Bonchev–Trinajstić information content (AvgIpc) is 2.45. The predicted molar refractivity (Wildman–Crippen MR) is 75.4 cm³/mol. The van der Waals surface area contributed by atoms with Crippen molar-refractivity contribution in [2.75, 3.05) is 32.7 Å². The lowest BCUT2D eigenvalue weighted by Crippen LogP contribution is -2.27. The molecule has 0 saturated heterocycles. The van der Waals surface area contributed by atoms with Gasteiger partial charge in [0.05, 0.1) is 18.4 Å². The van der Waals surface area contributed by atoms with Gasteiger partial charge in [-0.1, -0.05) is 24.3 Å². The summed E-state index contributed by atoms with van der Waals surface area (Å²) in [5, 5.41) is 13.8. The highest BCUT2D eigenvalue weighted by molar-refractivity contribution is 5.92. The van der Waals surface area contributed by atoms with Gasteiger partial charge in [0.25, 0.3) is 0 Å². The number of nitrogens with zero attached hydrogens (tertiary/aromatic N) is 2. The minimum atomic E-state index is -0.00753. The topological polar surface area (TPSA) is 56.3 Å². The van der Waals surface area contributed by atoms with E-state index in [4.69, 9.17) is 9.47 Å². The van der Waals surface area contributed by atoms with Crippen LogP contribution >= 0.6 is 0 Å². The Bertz CT molecular complexity index is 545. The van der Waals surface area contributed by atoms with Crippen LogP contribution in [0.2, 0.25) is 0 Å². The molecular formula is C14H19N3O2. The molecule has 0 bridgehead atoms. The molecule has 5 nitrogen and oxygen atoms in total. The van der Waals surface area contributed by atoms with Crippen LogP contribution in [0.1, 0.15) is 5.69 Å². The molecule has 0 aliphatic heterocycles. The molecule has 5 heteroatoms. The van der Waals surface area contributed by atoms with Gasteiger partial charge in [-0.3, -0.25) is 0 Å². The third kappa shape index (κ3) is 3.19. The van der Waals surface area contributed by atoms with Crippen molar-refractivity contribution in [2.45, 2.75) is 13.0 Å². The van der Waals surface area contributed by atoms with Gasteiger partial charge in [0.2, 0.25) is 0 Å². The fraction of sp³-hybridized carbons (Fsp3) is 0.429. The molecule has 0 aliphatic carbocycles. The highest BCUT2D eigenvalue weighted by Gasteiger charge is 2.10. The van der Waals surface area contributed by atoms with Crippen LogP contribution in [0.3, 0.4) is 0 Å². The second kappa shape index (κ2) is 6.45. The molecular weight excluding hydrogens is 242 g/mol. The smallest absolute Gasteiger partial charge is 0.156 e. The summed E-state index contributed by atoms with van der Waals surface area (Å²) in [5.41, 5.74) is 0.932. The summed E-state index contributed by atoms with van der Waals surface area (Å²) in [4.78, 5) is 0. The number of aromatic nitrogens is 2. The fourth-order valence-electron chi connectivity index (χ4n) is 1.98. The summed E-state index contributed by atoms with van der Waals surface area (Å²) < 4.78 is 10.4. The van der Waals surface area contributed by atoms with Crippen LogP contribution < -0.4 is 5.32 Å². The molecule has 1 aromatic heterocycles. The number of fused-ring (bicyclic) bond motifs is 1. The first-order valence-electron chi connectivity index (χ1n) is 6.24. The Morgan fingerprint density at radius 3 is 2.58 bits per heavy atom. The molecule has 0 fully saturated rings. The summed E-state index contributed by atoms with van der Waals surface area (Å²) >= 11 is 0. The van der Waals surface area contributed by atoms with Gasteiger partial charge in [0, 0.05) is 31.5 Å². The summed E-state index contributed by atoms with van der Waals surface area (Å²) in [6.45, 7) is 3.13. The zero-order valence-corrected chi connectivity index (χ0v) is 11.5. The first kappa shape index (κ1) is 13.7. The van der Waals surface area contributed by atoms with Gasteiger partial charge in [0.15, 0.2) is 5.82 Å². The normalized spacial score (nSPS) is 12.6. The SMILES string of the molecule is COCC(CNc1nnc(C)c2ccccc12)OC. The van der Waals surface area contributed by atoms with E-state index < -0.39 is 0 Å². The molecule has 2 rings (SSSR count). The van der Waals surface area contributed by atoms with Gasteiger partial charge in [-0.15, -0.1) is 5.10 Å². The molecule has 0 spiro atoms. The Hall–Kier alpha value is -1.72. The van der Waals surface area contributed by atoms with Gasteiger partial charge < -0.3 is 14.8 Å². The molecule has 19 heavy (non-hydrogen) atoms. The number of anilines is 1. The van der Waals surface area contributed by atoms with Gasteiger partial charge in [-0.05, 0) is 6.92 Å². The van der Waals surface area contributed by atoms with E-state index in [0.29, 0.717) is 13.2 Å². The van der Waals surface area contributed by atoms with E-state index in [0.717, 1.165) is 22.3 Å². The van der Waals surface area contributed by atoms with Crippen molar-refractivity contribution >= 4 is 16.6 Å². The largest absolute Gasteiger partial charge is 0.382 e. The molecule has 102 valence electrons. The molecule has 1 unspecified atom stereocenters. The van der Waals surface area contributed by atoms with E-state index in [9.17, 15) is 0 Å². The maximum absolute atomic E-state index is 5.31. The molecule has 2 aromatic rings. The summed E-state index contributed by atoms with van der Waals surface area (Å²) in [6, 6.07) is 8.09. The second-order valence-corrected chi connectivity index (χ2v) is 4.37.